The summed E-state index contributed by atoms with van der Waals surface area (Å²) in [4.78, 5) is 28.7. The lowest BCUT2D eigenvalue weighted by atomic mass is 10.2. The molecular formula is C16H20BrN3O2. The molecule has 2 atom stereocenters. The lowest BCUT2D eigenvalue weighted by Gasteiger charge is -2.32. The normalized spacial score (nSPS) is 24.9. The van der Waals surface area contributed by atoms with Gasteiger partial charge in [-0.25, -0.2) is 0 Å². The summed E-state index contributed by atoms with van der Waals surface area (Å²) in [6, 6.07) is 7.47. The molecule has 2 fully saturated rings. The van der Waals surface area contributed by atoms with Crippen LogP contribution in [0.5, 0.6) is 0 Å². The van der Waals surface area contributed by atoms with Gasteiger partial charge in [0.15, 0.2) is 0 Å². The van der Waals surface area contributed by atoms with Crippen molar-refractivity contribution in [2.75, 3.05) is 38.5 Å². The summed E-state index contributed by atoms with van der Waals surface area (Å²) in [7, 11) is 2.06. The Bertz CT molecular complexity index is 567. The lowest BCUT2D eigenvalue weighted by Crippen LogP contribution is -2.48. The third kappa shape index (κ3) is 3.50. The maximum atomic E-state index is 12.4. The van der Waals surface area contributed by atoms with Crippen molar-refractivity contribution in [1.29, 1.82) is 0 Å². The monoisotopic (exact) mass is 365 g/mol. The molecule has 118 valence electrons. The predicted molar refractivity (Wildman–Crippen MR) is 88.4 cm³/mol. The Labute approximate surface area is 138 Å². The van der Waals surface area contributed by atoms with Crippen LogP contribution in [0.25, 0.3) is 0 Å². The number of halogens is 1. The van der Waals surface area contributed by atoms with E-state index in [0.29, 0.717) is 6.42 Å². The van der Waals surface area contributed by atoms with Crippen molar-refractivity contribution in [3.63, 3.8) is 0 Å². The zero-order valence-corrected chi connectivity index (χ0v) is 14.2. The number of rotatable bonds is 3. The first-order valence-electron chi connectivity index (χ1n) is 7.58. The van der Waals surface area contributed by atoms with E-state index in [1.807, 2.05) is 29.2 Å². The highest BCUT2D eigenvalue weighted by Gasteiger charge is 2.49. The smallest absolute Gasteiger partial charge is 0.228 e. The Balaban J connectivity index is 1.51. The summed E-state index contributed by atoms with van der Waals surface area (Å²) in [5.41, 5.74) is 0.769. The second-order valence-electron chi connectivity index (χ2n) is 6.07. The van der Waals surface area contributed by atoms with Crippen molar-refractivity contribution in [3.05, 3.63) is 28.7 Å². The molecule has 0 aromatic heterocycles. The molecule has 2 amide bonds. The number of piperazine rings is 1. The van der Waals surface area contributed by atoms with Crippen molar-refractivity contribution >= 4 is 33.4 Å². The topological polar surface area (TPSA) is 52.7 Å². The quantitative estimate of drug-likeness (QED) is 0.888. The van der Waals surface area contributed by atoms with Gasteiger partial charge in [0.1, 0.15) is 0 Å². The summed E-state index contributed by atoms with van der Waals surface area (Å²) < 4.78 is 0.972. The second-order valence-corrected chi connectivity index (χ2v) is 6.99. The molecule has 1 N–H and O–H groups in total. The Kier molecular flexibility index (Phi) is 4.49. The molecule has 5 nitrogen and oxygen atoms in total. The molecule has 6 heteroatoms. The molecule has 0 spiro atoms. The van der Waals surface area contributed by atoms with Gasteiger partial charge in [-0.1, -0.05) is 15.9 Å². The van der Waals surface area contributed by atoms with E-state index in [9.17, 15) is 9.59 Å². The van der Waals surface area contributed by atoms with Gasteiger partial charge in [-0.2, -0.15) is 0 Å². The summed E-state index contributed by atoms with van der Waals surface area (Å²) in [5.74, 6) is -0.200. The van der Waals surface area contributed by atoms with Gasteiger partial charge in [-0.05, 0) is 37.7 Å². The van der Waals surface area contributed by atoms with E-state index in [4.69, 9.17) is 0 Å². The van der Waals surface area contributed by atoms with Gasteiger partial charge in [0.2, 0.25) is 11.8 Å². The average Bonchev–Trinajstić information content (AvgIpc) is 3.30. The number of nitrogens with zero attached hydrogens (tertiary/aromatic N) is 2. The fourth-order valence-corrected chi connectivity index (χ4v) is 3.05. The minimum Gasteiger partial charge on any atom is -0.340 e. The van der Waals surface area contributed by atoms with Crippen LogP contribution in [0, 0.1) is 11.8 Å². The van der Waals surface area contributed by atoms with Crippen LogP contribution in [0.15, 0.2) is 28.7 Å². The van der Waals surface area contributed by atoms with Crippen LogP contribution in [-0.4, -0.2) is 54.8 Å². The third-order valence-corrected chi connectivity index (χ3v) is 4.90. The number of likely N-dealkylation sites (N-methyl/N-ethyl adjacent to an activating group) is 1. The standard InChI is InChI=1S/C16H20BrN3O2/c1-19-6-8-20(9-7-19)16(22)14-10-13(14)15(21)18-12-4-2-11(17)3-5-12/h2-5,13-14H,6-10H2,1H3,(H,18,21). The molecule has 1 aliphatic carbocycles. The Morgan fingerprint density at radius 3 is 2.36 bits per heavy atom. The van der Waals surface area contributed by atoms with Gasteiger partial charge < -0.3 is 15.1 Å². The van der Waals surface area contributed by atoms with Gasteiger partial charge >= 0.3 is 0 Å². The van der Waals surface area contributed by atoms with Crippen molar-refractivity contribution in [3.8, 4) is 0 Å². The van der Waals surface area contributed by atoms with E-state index in [2.05, 4.69) is 33.2 Å². The minimum atomic E-state index is -0.171. The van der Waals surface area contributed by atoms with Gasteiger partial charge in [0.05, 0.1) is 11.8 Å². The maximum absolute atomic E-state index is 12.4. The van der Waals surface area contributed by atoms with Crippen LogP contribution in [0.1, 0.15) is 6.42 Å². The van der Waals surface area contributed by atoms with Gasteiger partial charge in [0.25, 0.3) is 0 Å². The van der Waals surface area contributed by atoms with E-state index in [1.54, 1.807) is 0 Å². The molecular weight excluding hydrogens is 346 g/mol. The van der Waals surface area contributed by atoms with Gasteiger partial charge in [-0.15, -0.1) is 0 Å². The predicted octanol–water partition coefficient (Wildman–Crippen LogP) is 1.80. The first-order valence-corrected chi connectivity index (χ1v) is 8.37. The van der Waals surface area contributed by atoms with Gasteiger partial charge in [0, 0.05) is 36.3 Å². The van der Waals surface area contributed by atoms with E-state index in [-0.39, 0.29) is 23.7 Å². The number of benzene rings is 1. The highest BCUT2D eigenvalue weighted by molar-refractivity contribution is 9.10. The molecule has 1 aromatic rings. The maximum Gasteiger partial charge on any atom is 0.228 e. The summed E-state index contributed by atoms with van der Waals surface area (Å²) in [6.45, 7) is 3.36. The summed E-state index contributed by atoms with van der Waals surface area (Å²) in [6.07, 6.45) is 0.674. The van der Waals surface area contributed by atoms with Crippen LogP contribution >= 0.6 is 15.9 Å². The zero-order chi connectivity index (χ0) is 15.7. The molecule has 1 heterocycles. The molecule has 1 saturated heterocycles. The number of carbonyl (C=O) groups excluding carboxylic acids is 2. The summed E-state index contributed by atoms with van der Waals surface area (Å²) >= 11 is 3.36. The fraction of sp³-hybridized carbons (Fsp3) is 0.500. The molecule has 0 radical (unpaired) electrons. The van der Waals surface area contributed by atoms with E-state index >= 15 is 0 Å². The number of anilines is 1. The van der Waals surface area contributed by atoms with Crippen molar-refractivity contribution in [2.45, 2.75) is 6.42 Å². The van der Waals surface area contributed by atoms with E-state index in [1.165, 1.54) is 0 Å². The number of amides is 2. The third-order valence-electron chi connectivity index (χ3n) is 4.37. The molecule has 22 heavy (non-hydrogen) atoms. The molecule has 0 bridgehead atoms. The van der Waals surface area contributed by atoms with Crippen molar-refractivity contribution < 1.29 is 9.59 Å². The fourth-order valence-electron chi connectivity index (χ4n) is 2.79. The van der Waals surface area contributed by atoms with Crippen LogP contribution in [0.2, 0.25) is 0 Å². The first-order chi connectivity index (χ1) is 10.5. The zero-order valence-electron chi connectivity index (χ0n) is 12.6. The lowest BCUT2D eigenvalue weighted by molar-refractivity contribution is -0.135. The highest BCUT2D eigenvalue weighted by atomic mass is 79.9. The Morgan fingerprint density at radius 1 is 1.09 bits per heavy atom. The molecule has 3 rings (SSSR count). The van der Waals surface area contributed by atoms with E-state index < -0.39 is 0 Å². The number of hydrogen-bond acceptors (Lipinski definition) is 3. The molecule has 1 saturated carbocycles. The van der Waals surface area contributed by atoms with E-state index in [0.717, 1.165) is 36.3 Å². The number of hydrogen-bond donors (Lipinski definition) is 1. The van der Waals surface area contributed by atoms with Gasteiger partial charge in [-0.3, -0.25) is 9.59 Å². The van der Waals surface area contributed by atoms with Crippen LogP contribution in [0.4, 0.5) is 5.69 Å². The van der Waals surface area contributed by atoms with Crippen molar-refractivity contribution in [2.24, 2.45) is 11.8 Å². The highest BCUT2D eigenvalue weighted by Crippen LogP contribution is 2.41. The minimum absolute atomic E-state index is 0.0465. The summed E-state index contributed by atoms with van der Waals surface area (Å²) in [5, 5.41) is 2.89. The SMILES string of the molecule is CN1CCN(C(=O)C2CC2C(=O)Nc2ccc(Br)cc2)CC1. The molecule has 2 unspecified atom stereocenters. The van der Waals surface area contributed by atoms with Crippen LogP contribution < -0.4 is 5.32 Å². The Morgan fingerprint density at radius 2 is 1.73 bits per heavy atom. The first kappa shape index (κ1) is 15.5. The largest absolute Gasteiger partial charge is 0.340 e. The van der Waals surface area contributed by atoms with Crippen molar-refractivity contribution in [1.82, 2.24) is 9.80 Å². The second kappa shape index (κ2) is 6.38. The van der Waals surface area contributed by atoms with Crippen LogP contribution in [0.3, 0.4) is 0 Å². The van der Waals surface area contributed by atoms with Crippen LogP contribution in [-0.2, 0) is 9.59 Å². The number of carbonyl (C=O) groups is 2. The molecule has 1 aliphatic heterocycles. The number of nitrogens with one attached hydrogen (secondary N) is 1. The Hall–Kier alpha value is -1.40. The average molecular weight is 366 g/mol. The molecule has 1 aromatic carbocycles. The molecule has 2 aliphatic rings.